The minimum absolute atomic E-state index is 0.138. The number of carbonyl (C=O) groups is 1. The number of hydrogen-bond donors (Lipinski definition) is 1. The summed E-state index contributed by atoms with van der Waals surface area (Å²) < 4.78 is 4.26. The van der Waals surface area contributed by atoms with E-state index in [1.54, 1.807) is 0 Å². The molecule has 2 saturated carbocycles. The average molecular weight is 341 g/mol. The fourth-order valence-electron chi connectivity index (χ4n) is 3.12. The van der Waals surface area contributed by atoms with Crippen LogP contribution < -0.4 is 5.32 Å². The molecule has 2 unspecified atom stereocenters. The van der Waals surface area contributed by atoms with Crippen LogP contribution >= 0.6 is 11.5 Å². The Kier molecular flexibility index (Phi) is 4.46. The monoisotopic (exact) mass is 341 g/mol. The molecule has 0 saturated heterocycles. The van der Waals surface area contributed by atoms with E-state index >= 15 is 0 Å². The van der Waals surface area contributed by atoms with Gasteiger partial charge in [0.2, 0.25) is 0 Å². The van der Waals surface area contributed by atoms with Gasteiger partial charge in [-0.25, -0.2) is 4.98 Å². The summed E-state index contributed by atoms with van der Waals surface area (Å²) in [4.78, 5) is 16.9. The molecule has 5 heteroatoms. The van der Waals surface area contributed by atoms with E-state index in [0.29, 0.717) is 18.4 Å². The number of benzene rings is 1. The normalized spacial score (nSPS) is 22.5. The van der Waals surface area contributed by atoms with Crippen molar-refractivity contribution < 1.29 is 4.79 Å². The van der Waals surface area contributed by atoms with Crippen LogP contribution in [0.25, 0.3) is 0 Å². The van der Waals surface area contributed by atoms with Crippen molar-refractivity contribution in [1.82, 2.24) is 14.7 Å². The van der Waals surface area contributed by atoms with Crippen molar-refractivity contribution in [1.29, 1.82) is 0 Å². The zero-order valence-corrected chi connectivity index (χ0v) is 14.8. The van der Waals surface area contributed by atoms with Crippen molar-refractivity contribution in [3.05, 3.63) is 46.2 Å². The number of nitrogens with one attached hydrogen (secondary N) is 1. The van der Waals surface area contributed by atoms with Gasteiger partial charge in [-0.3, -0.25) is 4.79 Å². The minimum Gasteiger partial charge on any atom is -0.313 e. The molecule has 0 spiro atoms. The first-order chi connectivity index (χ1) is 11.7. The highest BCUT2D eigenvalue weighted by Crippen LogP contribution is 2.41. The predicted molar refractivity (Wildman–Crippen MR) is 95.6 cm³/mol. The van der Waals surface area contributed by atoms with Gasteiger partial charge in [0.25, 0.3) is 0 Å². The van der Waals surface area contributed by atoms with Gasteiger partial charge in [0.15, 0.2) is 5.78 Å². The second-order valence-corrected chi connectivity index (χ2v) is 7.82. The molecule has 0 radical (unpaired) electrons. The largest absolute Gasteiger partial charge is 0.313 e. The Morgan fingerprint density at radius 1 is 1.38 bits per heavy atom. The van der Waals surface area contributed by atoms with E-state index < -0.39 is 0 Å². The third-order valence-corrected chi connectivity index (χ3v) is 5.68. The molecule has 0 amide bonds. The van der Waals surface area contributed by atoms with Crippen LogP contribution in [0.1, 0.15) is 58.9 Å². The fourth-order valence-corrected chi connectivity index (χ4v) is 3.84. The molecule has 1 N–H and O–H groups in total. The van der Waals surface area contributed by atoms with Gasteiger partial charge >= 0.3 is 0 Å². The number of ketones is 1. The van der Waals surface area contributed by atoms with Crippen LogP contribution in [-0.4, -0.2) is 27.7 Å². The minimum atomic E-state index is 0.138. The lowest BCUT2D eigenvalue weighted by atomic mass is 10.0. The summed E-state index contributed by atoms with van der Waals surface area (Å²) >= 11 is 1.34. The topological polar surface area (TPSA) is 54.9 Å². The SMILES string of the molecule is CCc1nsc(CC(=O)c2cccc(C3CC3NCC3CC3)c2)n1. The number of Topliss-reactive ketones (excluding diaryl/α,β-unsaturated/α-hetero) is 1. The van der Waals surface area contributed by atoms with E-state index in [4.69, 9.17) is 0 Å². The zero-order chi connectivity index (χ0) is 16.5. The van der Waals surface area contributed by atoms with Crippen molar-refractivity contribution in [3.8, 4) is 0 Å². The van der Waals surface area contributed by atoms with Crippen molar-refractivity contribution in [2.75, 3.05) is 6.54 Å². The third-order valence-electron chi connectivity index (χ3n) is 4.93. The Morgan fingerprint density at radius 2 is 2.25 bits per heavy atom. The van der Waals surface area contributed by atoms with Crippen LogP contribution in [0.3, 0.4) is 0 Å². The number of aromatic nitrogens is 2. The molecule has 0 aliphatic heterocycles. The number of aryl methyl sites for hydroxylation is 1. The molecular weight excluding hydrogens is 318 g/mol. The maximum absolute atomic E-state index is 12.5. The number of carbonyl (C=O) groups excluding carboxylic acids is 1. The molecule has 4 nitrogen and oxygen atoms in total. The lowest BCUT2D eigenvalue weighted by Gasteiger charge is -2.05. The first-order valence-corrected chi connectivity index (χ1v) is 9.68. The zero-order valence-electron chi connectivity index (χ0n) is 14.0. The van der Waals surface area contributed by atoms with Gasteiger partial charge in [-0.15, -0.1) is 0 Å². The highest BCUT2D eigenvalue weighted by molar-refractivity contribution is 7.05. The molecule has 2 aromatic rings. The van der Waals surface area contributed by atoms with Crippen molar-refractivity contribution >= 4 is 17.3 Å². The predicted octanol–water partition coefficient (Wildman–Crippen LogP) is 3.38. The molecule has 2 aliphatic rings. The van der Waals surface area contributed by atoms with Crippen molar-refractivity contribution in [3.63, 3.8) is 0 Å². The van der Waals surface area contributed by atoms with E-state index in [9.17, 15) is 4.79 Å². The first-order valence-electron chi connectivity index (χ1n) is 8.91. The van der Waals surface area contributed by atoms with Gasteiger partial charge in [0, 0.05) is 23.9 Å². The Morgan fingerprint density at radius 3 is 3.00 bits per heavy atom. The van der Waals surface area contributed by atoms with Gasteiger partial charge in [0.1, 0.15) is 10.8 Å². The van der Waals surface area contributed by atoms with Gasteiger partial charge in [-0.2, -0.15) is 4.37 Å². The van der Waals surface area contributed by atoms with Crippen molar-refractivity contribution in [2.24, 2.45) is 5.92 Å². The summed E-state index contributed by atoms with van der Waals surface area (Å²) in [5.41, 5.74) is 2.09. The molecule has 2 fully saturated rings. The van der Waals surface area contributed by atoms with Gasteiger partial charge in [0.05, 0.1) is 6.42 Å². The van der Waals surface area contributed by atoms with E-state index in [1.807, 2.05) is 19.1 Å². The average Bonchev–Trinajstić information content (AvgIpc) is 3.51. The lowest BCUT2D eigenvalue weighted by Crippen LogP contribution is -2.20. The van der Waals surface area contributed by atoms with Crippen LogP contribution in [0.5, 0.6) is 0 Å². The van der Waals surface area contributed by atoms with Crippen LogP contribution in [0.2, 0.25) is 0 Å². The van der Waals surface area contributed by atoms with E-state index in [1.165, 1.54) is 36.4 Å². The molecule has 0 bridgehead atoms. The first kappa shape index (κ1) is 15.9. The Hall–Kier alpha value is -1.59. The maximum Gasteiger partial charge on any atom is 0.169 e. The lowest BCUT2D eigenvalue weighted by molar-refractivity contribution is 0.0993. The van der Waals surface area contributed by atoms with E-state index in [0.717, 1.165) is 35.3 Å². The second kappa shape index (κ2) is 6.73. The molecule has 1 heterocycles. The number of hydrogen-bond acceptors (Lipinski definition) is 5. The van der Waals surface area contributed by atoms with E-state index in [-0.39, 0.29) is 5.78 Å². The number of nitrogens with zero attached hydrogens (tertiary/aromatic N) is 2. The standard InChI is InChI=1S/C19H23N3OS/c1-2-18-21-19(24-22-18)10-17(23)14-5-3-4-13(8-14)15-9-16(15)20-11-12-6-7-12/h3-5,8,12,15-16,20H,2,6-7,9-11H2,1H3. The smallest absolute Gasteiger partial charge is 0.169 e. The summed E-state index contributed by atoms with van der Waals surface area (Å²) in [7, 11) is 0. The Labute approximate surface area is 146 Å². The Balaban J connectivity index is 1.37. The quantitative estimate of drug-likeness (QED) is 0.748. The molecule has 126 valence electrons. The van der Waals surface area contributed by atoms with Crippen LogP contribution in [-0.2, 0) is 12.8 Å². The fraction of sp³-hybridized carbons (Fsp3) is 0.526. The van der Waals surface area contributed by atoms with Crippen molar-refractivity contribution in [2.45, 2.75) is 51.0 Å². The van der Waals surface area contributed by atoms with Gasteiger partial charge in [-0.1, -0.05) is 25.1 Å². The van der Waals surface area contributed by atoms with E-state index in [2.05, 4.69) is 26.8 Å². The maximum atomic E-state index is 12.5. The summed E-state index contributed by atoms with van der Waals surface area (Å²) in [6.45, 7) is 3.19. The molecule has 2 atom stereocenters. The van der Waals surface area contributed by atoms with Crippen LogP contribution in [0.4, 0.5) is 0 Å². The highest BCUT2D eigenvalue weighted by Gasteiger charge is 2.39. The summed E-state index contributed by atoms with van der Waals surface area (Å²) in [5, 5.41) is 4.48. The molecule has 2 aliphatic carbocycles. The third kappa shape index (κ3) is 3.73. The molecular formula is C19H23N3OS. The molecule has 1 aromatic heterocycles. The second-order valence-electron chi connectivity index (χ2n) is 6.98. The van der Waals surface area contributed by atoms with Gasteiger partial charge in [-0.05, 0) is 54.9 Å². The molecule has 24 heavy (non-hydrogen) atoms. The molecule has 4 rings (SSSR count). The summed E-state index contributed by atoms with van der Waals surface area (Å²) in [5.74, 6) is 2.46. The summed E-state index contributed by atoms with van der Waals surface area (Å²) in [6.07, 6.45) is 5.15. The highest BCUT2D eigenvalue weighted by atomic mass is 32.1. The number of rotatable bonds is 8. The van der Waals surface area contributed by atoms with Crippen LogP contribution in [0, 0.1) is 5.92 Å². The summed E-state index contributed by atoms with van der Waals surface area (Å²) in [6, 6.07) is 8.76. The van der Waals surface area contributed by atoms with Gasteiger partial charge < -0.3 is 5.32 Å². The Bertz CT molecular complexity index is 738. The molecule has 1 aromatic carbocycles. The van der Waals surface area contributed by atoms with Crippen LogP contribution in [0.15, 0.2) is 24.3 Å².